The van der Waals surface area contributed by atoms with Crippen LogP contribution >= 0.6 is 24.4 Å². The van der Waals surface area contributed by atoms with Gasteiger partial charge in [-0.05, 0) is 34.7 Å². The number of thiocarbonyl (C=S) groups is 2. The molecule has 2 N–H and O–H groups in total. The van der Waals surface area contributed by atoms with Gasteiger partial charge in [0.25, 0.3) is 0 Å². The summed E-state index contributed by atoms with van der Waals surface area (Å²) in [6, 6.07) is 36.8. The van der Waals surface area contributed by atoms with Crippen LogP contribution in [0, 0.1) is 0 Å². The summed E-state index contributed by atoms with van der Waals surface area (Å²) < 4.78 is 2.15. The molecule has 0 saturated heterocycles. The van der Waals surface area contributed by atoms with Crippen LogP contribution in [-0.2, 0) is 22.6 Å². The molecule has 6 rings (SSSR count). The van der Waals surface area contributed by atoms with E-state index < -0.39 is 18.2 Å². The molecule has 236 valence electrons. The fourth-order valence-corrected chi connectivity index (χ4v) is 6.49. The zero-order valence-electron chi connectivity index (χ0n) is 26.2. The first-order valence-electron chi connectivity index (χ1n) is 15.4. The minimum Gasteiger partial charge on any atom is -0.342 e. The normalized spacial score (nSPS) is 13.4. The third-order valence-electron chi connectivity index (χ3n) is 8.28. The molecule has 1 aromatic heterocycles. The lowest BCUT2D eigenvalue weighted by atomic mass is 9.94. The average molecular weight is 658 g/mol. The Morgan fingerprint density at radius 3 is 2.00 bits per heavy atom. The standard InChI is InChI=1S/C38H35N5O2S2/c1-41(37(46)32-22-28(21-26-13-5-3-6-14-26)29-17-9-10-18-30(29)32)39-35(44)23-36(45)40-42(2)38(47)33-25-43(24-27-15-7-4-8-16-27)34-20-12-11-19-31(33)34/h3-20,22,25,28H,21,23-24H2,1-2H3,(H,39,44)(H,40,45). The predicted molar refractivity (Wildman–Crippen MR) is 196 cm³/mol. The number of hydrogen-bond acceptors (Lipinski definition) is 4. The molecule has 0 radical (unpaired) electrons. The highest BCUT2D eigenvalue weighted by Gasteiger charge is 2.27. The topological polar surface area (TPSA) is 69.6 Å². The van der Waals surface area contributed by atoms with E-state index in [0.717, 1.165) is 34.0 Å². The number of benzene rings is 4. The molecule has 1 heterocycles. The number of allylic oxidation sites excluding steroid dienone is 1. The van der Waals surface area contributed by atoms with Gasteiger partial charge in [-0.15, -0.1) is 0 Å². The first-order chi connectivity index (χ1) is 22.8. The van der Waals surface area contributed by atoms with Crippen molar-refractivity contribution in [1.82, 2.24) is 25.4 Å². The lowest BCUT2D eigenvalue weighted by Crippen LogP contribution is -2.47. The van der Waals surface area contributed by atoms with E-state index in [0.29, 0.717) is 16.5 Å². The van der Waals surface area contributed by atoms with E-state index in [1.165, 1.54) is 26.7 Å². The van der Waals surface area contributed by atoms with Crippen molar-refractivity contribution < 1.29 is 9.59 Å². The summed E-state index contributed by atoms with van der Waals surface area (Å²) >= 11 is 11.6. The fraction of sp³-hybridized carbons (Fsp3) is 0.158. The second-order valence-corrected chi connectivity index (χ2v) is 12.4. The maximum absolute atomic E-state index is 13.0. The van der Waals surface area contributed by atoms with Crippen molar-refractivity contribution >= 4 is 62.7 Å². The Morgan fingerprint density at radius 1 is 0.723 bits per heavy atom. The first-order valence-corrected chi connectivity index (χ1v) is 16.2. The SMILES string of the molecule is CN(NC(=O)CC(=O)NN(C)C(=S)c1cn(Cc2ccccc2)c2ccccc12)C(=S)C1=CC(Cc2ccccc2)c2ccccc21. The van der Waals surface area contributed by atoms with Crippen LogP contribution in [0.25, 0.3) is 16.5 Å². The molecule has 0 spiro atoms. The maximum atomic E-state index is 13.0. The molecule has 2 amide bonds. The highest BCUT2D eigenvalue weighted by atomic mass is 32.1. The van der Waals surface area contributed by atoms with Crippen molar-refractivity contribution in [1.29, 1.82) is 0 Å². The molecule has 1 atom stereocenters. The van der Waals surface area contributed by atoms with Gasteiger partial charge in [-0.3, -0.25) is 30.5 Å². The summed E-state index contributed by atoms with van der Waals surface area (Å²) in [5, 5.41) is 3.98. The minimum atomic E-state index is -0.493. The smallest absolute Gasteiger partial charge is 0.248 e. The summed E-state index contributed by atoms with van der Waals surface area (Å²) in [5.41, 5.74) is 12.9. The number of nitrogens with zero attached hydrogens (tertiary/aromatic N) is 3. The van der Waals surface area contributed by atoms with Gasteiger partial charge >= 0.3 is 0 Å². The predicted octanol–water partition coefficient (Wildman–Crippen LogP) is 6.43. The number of para-hydroxylation sites is 1. The van der Waals surface area contributed by atoms with Crippen molar-refractivity contribution in [3.8, 4) is 0 Å². The number of aromatic nitrogens is 1. The Hall–Kier alpha value is -5.12. The summed E-state index contributed by atoms with van der Waals surface area (Å²) in [7, 11) is 3.37. The van der Waals surface area contributed by atoms with Gasteiger partial charge < -0.3 is 4.57 Å². The van der Waals surface area contributed by atoms with Crippen LogP contribution in [0.3, 0.4) is 0 Å². The minimum absolute atomic E-state index is 0.170. The van der Waals surface area contributed by atoms with E-state index in [4.69, 9.17) is 24.4 Å². The Bertz CT molecular complexity index is 1990. The largest absolute Gasteiger partial charge is 0.342 e. The van der Waals surface area contributed by atoms with Gasteiger partial charge in [0, 0.05) is 54.8 Å². The van der Waals surface area contributed by atoms with Crippen molar-refractivity contribution in [2.75, 3.05) is 14.1 Å². The summed E-state index contributed by atoms with van der Waals surface area (Å²) in [5.74, 6) is -0.810. The molecule has 0 saturated carbocycles. The quantitative estimate of drug-likeness (QED) is 0.114. The third-order valence-corrected chi connectivity index (χ3v) is 9.26. The molecule has 7 nitrogen and oxygen atoms in total. The molecule has 1 aliphatic carbocycles. The number of carbonyl (C=O) groups excluding carboxylic acids is 2. The summed E-state index contributed by atoms with van der Waals surface area (Å²) in [6.45, 7) is 0.686. The van der Waals surface area contributed by atoms with Crippen molar-refractivity contribution in [3.05, 3.63) is 149 Å². The number of nitrogens with one attached hydrogen (secondary N) is 2. The van der Waals surface area contributed by atoms with Crippen molar-refractivity contribution in [3.63, 3.8) is 0 Å². The molecular formula is C38H35N5O2S2. The Labute approximate surface area is 285 Å². The van der Waals surface area contributed by atoms with Crippen LogP contribution in [0.1, 0.15) is 40.2 Å². The molecule has 4 aromatic carbocycles. The van der Waals surface area contributed by atoms with Crippen LogP contribution in [-0.4, -0.2) is 50.5 Å². The van der Waals surface area contributed by atoms with Gasteiger partial charge in [0.2, 0.25) is 11.8 Å². The second-order valence-electron chi connectivity index (χ2n) is 11.6. The second kappa shape index (κ2) is 14.1. The number of rotatable bonds is 8. The van der Waals surface area contributed by atoms with Crippen LogP contribution in [0.4, 0.5) is 0 Å². The van der Waals surface area contributed by atoms with Gasteiger partial charge in [-0.1, -0.05) is 134 Å². The average Bonchev–Trinajstić information content (AvgIpc) is 3.63. The monoisotopic (exact) mass is 657 g/mol. The van der Waals surface area contributed by atoms with Gasteiger partial charge in [-0.2, -0.15) is 0 Å². The Morgan fingerprint density at radius 2 is 1.30 bits per heavy atom. The molecule has 1 aliphatic rings. The molecular weight excluding hydrogens is 623 g/mol. The van der Waals surface area contributed by atoms with E-state index in [-0.39, 0.29) is 5.92 Å². The van der Waals surface area contributed by atoms with Gasteiger partial charge in [-0.25, -0.2) is 0 Å². The van der Waals surface area contributed by atoms with E-state index in [9.17, 15) is 9.59 Å². The number of fused-ring (bicyclic) bond motifs is 2. The molecule has 0 aliphatic heterocycles. The summed E-state index contributed by atoms with van der Waals surface area (Å²) in [4.78, 5) is 26.8. The highest BCUT2D eigenvalue weighted by Crippen LogP contribution is 2.38. The molecule has 0 bridgehead atoms. The van der Waals surface area contributed by atoms with Crippen LogP contribution in [0.15, 0.2) is 121 Å². The molecule has 0 fully saturated rings. The van der Waals surface area contributed by atoms with Crippen LogP contribution in [0.5, 0.6) is 0 Å². The number of carbonyl (C=O) groups is 2. The fourth-order valence-electron chi connectivity index (χ4n) is 6.06. The first kappa shape index (κ1) is 31.8. The number of hydrogen-bond donors (Lipinski definition) is 2. The molecule has 9 heteroatoms. The third kappa shape index (κ3) is 7.16. The van der Waals surface area contributed by atoms with E-state index in [1.807, 2.05) is 72.9 Å². The van der Waals surface area contributed by atoms with Crippen molar-refractivity contribution in [2.24, 2.45) is 0 Å². The zero-order chi connectivity index (χ0) is 32.9. The highest BCUT2D eigenvalue weighted by molar-refractivity contribution is 7.81. The molecule has 5 aromatic rings. The lowest BCUT2D eigenvalue weighted by molar-refractivity contribution is -0.132. The molecule has 47 heavy (non-hydrogen) atoms. The Balaban J connectivity index is 1.07. The van der Waals surface area contributed by atoms with Gasteiger partial charge in [0.05, 0.1) is 0 Å². The van der Waals surface area contributed by atoms with Crippen LogP contribution in [0.2, 0.25) is 0 Å². The van der Waals surface area contributed by atoms with E-state index in [1.54, 1.807) is 14.1 Å². The molecule has 1 unspecified atom stereocenters. The van der Waals surface area contributed by atoms with E-state index >= 15 is 0 Å². The maximum Gasteiger partial charge on any atom is 0.248 e. The summed E-state index contributed by atoms with van der Waals surface area (Å²) in [6.07, 6.45) is 4.62. The number of amides is 2. The lowest BCUT2D eigenvalue weighted by Gasteiger charge is -2.23. The van der Waals surface area contributed by atoms with Gasteiger partial charge in [0.15, 0.2) is 0 Å². The Kier molecular flexibility index (Phi) is 9.56. The number of hydrazine groups is 2. The van der Waals surface area contributed by atoms with E-state index in [2.05, 4.69) is 64.0 Å². The van der Waals surface area contributed by atoms with Gasteiger partial charge in [0.1, 0.15) is 16.4 Å². The van der Waals surface area contributed by atoms with Crippen LogP contribution < -0.4 is 10.9 Å². The zero-order valence-corrected chi connectivity index (χ0v) is 27.9. The van der Waals surface area contributed by atoms with Crippen molar-refractivity contribution in [2.45, 2.75) is 25.3 Å². The number of likely N-dealkylation sites (N-methyl/N-ethyl adjacent to an activating group) is 1.